The molecule has 0 spiro atoms. The Bertz CT molecular complexity index is 328. The lowest BCUT2D eigenvalue weighted by Gasteiger charge is -2.02. The van der Waals surface area contributed by atoms with E-state index in [1.165, 1.54) is 0 Å². The van der Waals surface area contributed by atoms with Gasteiger partial charge in [0, 0.05) is 5.75 Å². The maximum Gasteiger partial charge on any atom is 0.251 e. The summed E-state index contributed by atoms with van der Waals surface area (Å²) in [5.74, 6) is 1.43. The monoisotopic (exact) mass is 227 g/mol. The van der Waals surface area contributed by atoms with E-state index < -0.39 is 0 Å². The molecule has 1 fully saturated rings. The molecule has 1 atom stereocenters. The van der Waals surface area contributed by atoms with Gasteiger partial charge in [-0.25, -0.2) is 4.99 Å². The molecule has 1 saturated heterocycles. The van der Waals surface area contributed by atoms with Crippen LogP contribution in [0.15, 0.2) is 35.3 Å². The fourth-order valence-corrected chi connectivity index (χ4v) is 2.31. The number of halogens is 1. The summed E-state index contributed by atoms with van der Waals surface area (Å²) in [5, 5.41) is 0.724. The van der Waals surface area contributed by atoms with Crippen molar-refractivity contribution in [3.05, 3.63) is 30.3 Å². The van der Waals surface area contributed by atoms with Gasteiger partial charge in [0.25, 0.3) is 5.23 Å². The van der Waals surface area contributed by atoms with Crippen molar-refractivity contribution >= 4 is 34.3 Å². The van der Waals surface area contributed by atoms with Gasteiger partial charge in [0.15, 0.2) is 0 Å². The van der Waals surface area contributed by atoms with Gasteiger partial charge in [-0.05, 0) is 12.1 Å². The van der Waals surface area contributed by atoms with Crippen molar-refractivity contribution in [2.75, 3.05) is 11.6 Å². The molecule has 2 nitrogen and oxygen atoms in total. The minimum Gasteiger partial charge on any atom is -0.467 e. The molecule has 74 valence electrons. The predicted octanol–water partition coefficient (Wildman–Crippen LogP) is 3.04. The quantitative estimate of drug-likeness (QED) is 0.725. The Kier molecular flexibility index (Phi) is 3.32. The van der Waals surface area contributed by atoms with E-state index in [1.807, 2.05) is 30.3 Å². The molecule has 0 N–H and O–H groups in total. The van der Waals surface area contributed by atoms with Crippen molar-refractivity contribution in [2.24, 2.45) is 4.99 Å². The molecule has 0 unspecified atom stereocenters. The van der Waals surface area contributed by atoms with Crippen LogP contribution in [0.3, 0.4) is 0 Å². The van der Waals surface area contributed by atoms with Crippen LogP contribution in [-0.2, 0) is 4.74 Å². The van der Waals surface area contributed by atoms with E-state index in [0.717, 1.165) is 16.7 Å². The van der Waals surface area contributed by atoms with Gasteiger partial charge in [0.05, 0.1) is 11.6 Å². The lowest BCUT2D eigenvalue weighted by Crippen LogP contribution is -2.10. The molecule has 0 amide bonds. The standard InChI is InChI=1S/C10H10ClNOS/c11-6-9-7-14-10(13-9)12-8-4-2-1-3-5-8/h1-5,9H,6-7H2/t9-/m0/s1. The van der Waals surface area contributed by atoms with Crippen LogP contribution in [0.25, 0.3) is 0 Å². The summed E-state index contributed by atoms with van der Waals surface area (Å²) < 4.78 is 5.50. The van der Waals surface area contributed by atoms with E-state index in [-0.39, 0.29) is 6.10 Å². The Labute approximate surface area is 92.3 Å². The number of ether oxygens (including phenoxy) is 1. The van der Waals surface area contributed by atoms with Crippen molar-refractivity contribution in [1.29, 1.82) is 0 Å². The highest BCUT2D eigenvalue weighted by molar-refractivity contribution is 8.13. The highest BCUT2D eigenvalue weighted by atomic mass is 35.5. The molecule has 0 bridgehead atoms. The van der Waals surface area contributed by atoms with Gasteiger partial charge in [0.1, 0.15) is 6.10 Å². The van der Waals surface area contributed by atoms with Crippen LogP contribution >= 0.6 is 23.4 Å². The van der Waals surface area contributed by atoms with Crippen LogP contribution in [0.5, 0.6) is 0 Å². The van der Waals surface area contributed by atoms with E-state index in [1.54, 1.807) is 11.8 Å². The van der Waals surface area contributed by atoms with Crippen LogP contribution in [0.4, 0.5) is 5.69 Å². The number of rotatable bonds is 2. The van der Waals surface area contributed by atoms with Crippen molar-refractivity contribution in [2.45, 2.75) is 6.10 Å². The van der Waals surface area contributed by atoms with E-state index in [0.29, 0.717) is 5.88 Å². The minimum absolute atomic E-state index is 0.115. The molecule has 1 aliphatic rings. The zero-order valence-electron chi connectivity index (χ0n) is 7.52. The van der Waals surface area contributed by atoms with E-state index >= 15 is 0 Å². The number of benzene rings is 1. The van der Waals surface area contributed by atoms with E-state index in [9.17, 15) is 0 Å². The highest BCUT2D eigenvalue weighted by Gasteiger charge is 2.21. The summed E-state index contributed by atoms with van der Waals surface area (Å²) in [6.45, 7) is 0. The first-order chi connectivity index (χ1) is 6.88. The summed E-state index contributed by atoms with van der Waals surface area (Å²) in [5.41, 5.74) is 0.922. The van der Waals surface area contributed by atoms with Crippen molar-refractivity contribution < 1.29 is 4.74 Å². The molecular weight excluding hydrogens is 218 g/mol. The number of hydrogen-bond donors (Lipinski definition) is 0. The van der Waals surface area contributed by atoms with Gasteiger partial charge >= 0.3 is 0 Å². The van der Waals surface area contributed by atoms with Gasteiger partial charge in [0.2, 0.25) is 0 Å². The minimum atomic E-state index is 0.115. The molecule has 1 aromatic carbocycles. The first-order valence-corrected chi connectivity index (χ1v) is 5.89. The first kappa shape index (κ1) is 9.87. The molecule has 1 aromatic rings. The summed E-state index contributed by atoms with van der Waals surface area (Å²) in [4.78, 5) is 4.36. The molecule has 0 saturated carbocycles. The third-order valence-electron chi connectivity index (χ3n) is 1.81. The van der Waals surface area contributed by atoms with Crippen LogP contribution in [-0.4, -0.2) is 23.0 Å². The maximum absolute atomic E-state index is 5.68. The Morgan fingerprint density at radius 1 is 1.43 bits per heavy atom. The largest absolute Gasteiger partial charge is 0.467 e. The van der Waals surface area contributed by atoms with Crippen LogP contribution in [0.1, 0.15) is 0 Å². The lowest BCUT2D eigenvalue weighted by atomic mass is 10.3. The second-order valence-electron chi connectivity index (χ2n) is 2.92. The zero-order valence-corrected chi connectivity index (χ0v) is 9.09. The predicted molar refractivity (Wildman–Crippen MR) is 61.6 cm³/mol. The van der Waals surface area contributed by atoms with E-state index in [2.05, 4.69) is 4.99 Å². The first-order valence-electron chi connectivity index (χ1n) is 4.37. The third-order valence-corrected chi connectivity index (χ3v) is 3.13. The SMILES string of the molecule is ClC[C@H]1CSC(=Nc2ccccc2)O1. The number of aliphatic imine (C=N–C) groups is 1. The van der Waals surface area contributed by atoms with Gasteiger partial charge in [-0.15, -0.1) is 11.6 Å². The van der Waals surface area contributed by atoms with Crippen molar-refractivity contribution in [1.82, 2.24) is 0 Å². The van der Waals surface area contributed by atoms with Gasteiger partial charge < -0.3 is 4.74 Å². The molecule has 1 aliphatic heterocycles. The summed E-state index contributed by atoms with van der Waals surface area (Å²) >= 11 is 7.30. The molecule has 14 heavy (non-hydrogen) atoms. The van der Waals surface area contributed by atoms with Crippen LogP contribution in [0.2, 0.25) is 0 Å². The van der Waals surface area contributed by atoms with Crippen LogP contribution in [0, 0.1) is 0 Å². The number of thioether (sulfide) groups is 1. The van der Waals surface area contributed by atoms with E-state index in [4.69, 9.17) is 16.3 Å². The molecule has 0 aliphatic carbocycles. The van der Waals surface area contributed by atoms with Gasteiger partial charge in [-0.3, -0.25) is 0 Å². The molecule has 2 rings (SSSR count). The summed E-state index contributed by atoms with van der Waals surface area (Å²) in [7, 11) is 0. The van der Waals surface area contributed by atoms with Crippen LogP contribution < -0.4 is 0 Å². The smallest absolute Gasteiger partial charge is 0.251 e. The summed E-state index contributed by atoms with van der Waals surface area (Å²) in [6.07, 6.45) is 0.115. The molecule has 1 heterocycles. The Morgan fingerprint density at radius 3 is 2.86 bits per heavy atom. The number of para-hydroxylation sites is 1. The normalized spacial score (nSPS) is 23.8. The average Bonchev–Trinajstić information content (AvgIpc) is 2.67. The van der Waals surface area contributed by atoms with Gasteiger partial charge in [-0.2, -0.15) is 0 Å². The topological polar surface area (TPSA) is 21.6 Å². The maximum atomic E-state index is 5.68. The fraction of sp³-hybridized carbons (Fsp3) is 0.300. The Balaban J connectivity index is 2.06. The summed E-state index contributed by atoms with van der Waals surface area (Å²) in [6, 6.07) is 9.78. The van der Waals surface area contributed by atoms with Gasteiger partial charge in [-0.1, -0.05) is 30.0 Å². The van der Waals surface area contributed by atoms with Crippen molar-refractivity contribution in [3.8, 4) is 0 Å². The highest BCUT2D eigenvalue weighted by Crippen LogP contribution is 2.24. The molecule has 0 aromatic heterocycles. The van der Waals surface area contributed by atoms with Crippen molar-refractivity contribution in [3.63, 3.8) is 0 Å². The second kappa shape index (κ2) is 4.71. The number of nitrogens with zero attached hydrogens (tertiary/aromatic N) is 1. The molecule has 0 radical (unpaired) electrons. The Hall–Kier alpha value is -0.670. The number of alkyl halides is 1. The molecule has 4 heteroatoms. The number of hydrogen-bond acceptors (Lipinski definition) is 3. The lowest BCUT2D eigenvalue weighted by molar-refractivity contribution is 0.255. The Morgan fingerprint density at radius 2 is 2.21 bits per heavy atom. The fourth-order valence-electron chi connectivity index (χ4n) is 1.12. The second-order valence-corrected chi connectivity index (χ2v) is 4.20. The third kappa shape index (κ3) is 2.42. The molecular formula is C10H10ClNOS. The zero-order chi connectivity index (χ0) is 9.80. The average molecular weight is 228 g/mol.